The average molecular weight is 293 g/mol. The molecule has 1 aromatic rings. The highest BCUT2D eigenvalue weighted by atomic mass is 32.1. The second kappa shape index (κ2) is 5.03. The van der Waals surface area contributed by atoms with Gasteiger partial charge in [0.1, 0.15) is 0 Å². The minimum absolute atomic E-state index is 0.0259. The molecule has 0 bridgehead atoms. The van der Waals surface area contributed by atoms with Crippen LogP contribution < -0.4 is 5.73 Å². The fraction of sp³-hybridized carbons (Fsp3) is 0.750. The van der Waals surface area contributed by atoms with E-state index in [9.17, 15) is 13.2 Å². The summed E-state index contributed by atoms with van der Waals surface area (Å²) in [7, 11) is 0. The van der Waals surface area contributed by atoms with Crippen molar-refractivity contribution < 1.29 is 13.2 Å². The van der Waals surface area contributed by atoms with Crippen molar-refractivity contribution in [1.82, 2.24) is 9.88 Å². The molecule has 2 rings (SSSR count). The van der Waals surface area contributed by atoms with Crippen molar-refractivity contribution in [1.29, 1.82) is 0 Å². The molecule has 7 heteroatoms. The minimum Gasteiger partial charge on any atom is -0.330 e. The molecule has 1 aliphatic rings. The van der Waals surface area contributed by atoms with Gasteiger partial charge in [0, 0.05) is 13.1 Å². The Morgan fingerprint density at radius 2 is 2.16 bits per heavy atom. The van der Waals surface area contributed by atoms with Crippen molar-refractivity contribution in [2.45, 2.75) is 33.0 Å². The number of rotatable bonds is 3. The topological polar surface area (TPSA) is 42.2 Å². The van der Waals surface area contributed by atoms with Crippen LogP contribution in [0.15, 0.2) is 0 Å². The summed E-state index contributed by atoms with van der Waals surface area (Å²) in [6.45, 7) is 6.11. The first-order valence-corrected chi connectivity index (χ1v) is 7.01. The zero-order chi connectivity index (χ0) is 14.3. The lowest BCUT2D eigenvalue weighted by Crippen LogP contribution is -2.31. The highest BCUT2D eigenvalue weighted by molar-refractivity contribution is 7.11. The van der Waals surface area contributed by atoms with Crippen molar-refractivity contribution in [3.8, 4) is 0 Å². The van der Waals surface area contributed by atoms with Gasteiger partial charge in [0.25, 0.3) is 0 Å². The Morgan fingerprint density at radius 1 is 1.47 bits per heavy atom. The van der Waals surface area contributed by atoms with E-state index in [0.717, 1.165) is 30.8 Å². The van der Waals surface area contributed by atoms with Crippen LogP contribution in [-0.2, 0) is 12.7 Å². The van der Waals surface area contributed by atoms with Crippen LogP contribution >= 0.6 is 11.3 Å². The van der Waals surface area contributed by atoms with Gasteiger partial charge in [-0.1, -0.05) is 6.92 Å². The Kier molecular flexibility index (Phi) is 3.90. The lowest BCUT2D eigenvalue weighted by atomic mass is 9.90. The zero-order valence-corrected chi connectivity index (χ0v) is 11.9. The molecule has 3 nitrogen and oxygen atoms in total. The van der Waals surface area contributed by atoms with Gasteiger partial charge in [0.15, 0.2) is 5.69 Å². The van der Waals surface area contributed by atoms with Crippen LogP contribution in [0.5, 0.6) is 0 Å². The number of nitrogens with zero attached hydrogens (tertiary/aromatic N) is 2. The third-order valence-corrected chi connectivity index (χ3v) is 4.53. The van der Waals surface area contributed by atoms with Crippen LogP contribution in [0, 0.1) is 12.3 Å². The molecule has 2 N–H and O–H groups in total. The fourth-order valence-electron chi connectivity index (χ4n) is 2.43. The van der Waals surface area contributed by atoms with Crippen LogP contribution in [0.4, 0.5) is 13.2 Å². The van der Waals surface area contributed by atoms with E-state index in [1.165, 1.54) is 0 Å². The normalized spacial score (nSPS) is 25.2. The Morgan fingerprint density at radius 3 is 2.68 bits per heavy atom. The Labute approximate surface area is 114 Å². The van der Waals surface area contributed by atoms with Crippen LogP contribution in [0.2, 0.25) is 0 Å². The molecule has 1 unspecified atom stereocenters. The van der Waals surface area contributed by atoms with Crippen molar-refractivity contribution >= 4 is 11.3 Å². The summed E-state index contributed by atoms with van der Waals surface area (Å²) >= 11 is 1.13. The maximum absolute atomic E-state index is 12.9. The highest BCUT2D eigenvalue weighted by Crippen LogP contribution is 2.36. The van der Waals surface area contributed by atoms with Crippen LogP contribution in [0.3, 0.4) is 0 Å². The fourth-order valence-corrected chi connectivity index (χ4v) is 3.43. The minimum atomic E-state index is -4.36. The van der Waals surface area contributed by atoms with Crippen molar-refractivity contribution in [3.05, 3.63) is 15.6 Å². The number of aromatic nitrogens is 1. The number of hydrogen-bond acceptors (Lipinski definition) is 4. The SMILES string of the molecule is Cc1nc(C(F)(F)F)c(CN2CCC(C)(CN)C2)s1. The van der Waals surface area contributed by atoms with Gasteiger partial charge in [-0.2, -0.15) is 13.2 Å². The molecule has 1 aromatic heterocycles. The molecule has 1 fully saturated rings. The molecule has 1 aliphatic heterocycles. The summed E-state index contributed by atoms with van der Waals surface area (Å²) in [5.74, 6) is 0. The third-order valence-electron chi connectivity index (χ3n) is 3.57. The first-order chi connectivity index (χ1) is 8.73. The summed E-state index contributed by atoms with van der Waals surface area (Å²) in [6, 6.07) is 0. The third kappa shape index (κ3) is 3.27. The molecule has 19 heavy (non-hydrogen) atoms. The smallest absolute Gasteiger partial charge is 0.330 e. The number of hydrogen-bond donors (Lipinski definition) is 1. The molecule has 0 saturated carbocycles. The molecule has 0 amide bonds. The predicted octanol–water partition coefficient (Wildman–Crippen LogP) is 2.64. The molecule has 2 heterocycles. The monoisotopic (exact) mass is 293 g/mol. The van der Waals surface area contributed by atoms with Gasteiger partial charge < -0.3 is 5.73 Å². The van der Waals surface area contributed by atoms with Crippen molar-refractivity contribution in [2.75, 3.05) is 19.6 Å². The molecule has 0 spiro atoms. The summed E-state index contributed by atoms with van der Waals surface area (Å²) in [6.07, 6.45) is -3.43. The van der Waals surface area contributed by atoms with Gasteiger partial charge in [-0.25, -0.2) is 4.98 Å². The van der Waals surface area contributed by atoms with Gasteiger partial charge in [-0.3, -0.25) is 4.90 Å². The van der Waals surface area contributed by atoms with E-state index in [4.69, 9.17) is 5.73 Å². The highest BCUT2D eigenvalue weighted by Gasteiger charge is 2.39. The molecular weight excluding hydrogens is 275 g/mol. The zero-order valence-electron chi connectivity index (χ0n) is 11.0. The molecule has 0 aliphatic carbocycles. The first-order valence-electron chi connectivity index (χ1n) is 6.19. The van der Waals surface area contributed by atoms with E-state index in [-0.39, 0.29) is 5.41 Å². The Balaban J connectivity index is 2.13. The quantitative estimate of drug-likeness (QED) is 0.931. The molecular formula is C12H18F3N3S. The maximum atomic E-state index is 12.9. The van der Waals surface area contributed by atoms with Gasteiger partial charge in [0.2, 0.25) is 0 Å². The Bertz CT molecular complexity index is 458. The van der Waals surface area contributed by atoms with E-state index >= 15 is 0 Å². The van der Waals surface area contributed by atoms with E-state index in [1.807, 2.05) is 4.90 Å². The lowest BCUT2D eigenvalue weighted by molar-refractivity contribution is -0.141. The largest absolute Gasteiger partial charge is 0.434 e. The maximum Gasteiger partial charge on any atom is 0.434 e. The number of aryl methyl sites for hydroxylation is 1. The summed E-state index contributed by atoms with van der Waals surface area (Å²) in [5, 5.41) is 0.461. The van der Waals surface area contributed by atoms with Crippen molar-refractivity contribution in [2.24, 2.45) is 11.1 Å². The number of thiazole rings is 1. The molecule has 0 radical (unpaired) electrons. The van der Waals surface area contributed by atoms with Crippen LogP contribution in [0.25, 0.3) is 0 Å². The average Bonchev–Trinajstić information content (AvgIpc) is 2.83. The molecule has 1 atom stereocenters. The molecule has 0 aromatic carbocycles. The van der Waals surface area contributed by atoms with Gasteiger partial charge >= 0.3 is 6.18 Å². The number of nitrogens with two attached hydrogens (primary N) is 1. The van der Waals surface area contributed by atoms with E-state index < -0.39 is 11.9 Å². The number of alkyl halides is 3. The van der Waals surface area contributed by atoms with Gasteiger partial charge in [0.05, 0.1) is 9.88 Å². The number of halogens is 3. The van der Waals surface area contributed by atoms with E-state index in [1.54, 1.807) is 6.92 Å². The molecule has 108 valence electrons. The second-order valence-corrected chi connectivity index (χ2v) is 6.77. The van der Waals surface area contributed by atoms with Gasteiger partial charge in [-0.15, -0.1) is 11.3 Å². The number of likely N-dealkylation sites (tertiary alicyclic amines) is 1. The summed E-state index contributed by atoms with van der Waals surface area (Å²) in [4.78, 5) is 5.97. The second-order valence-electron chi connectivity index (χ2n) is 5.48. The van der Waals surface area contributed by atoms with Gasteiger partial charge in [-0.05, 0) is 31.8 Å². The summed E-state index contributed by atoms with van der Waals surface area (Å²) < 4.78 is 38.6. The van der Waals surface area contributed by atoms with Crippen LogP contribution in [-0.4, -0.2) is 29.5 Å². The lowest BCUT2D eigenvalue weighted by Gasteiger charge is -2.22. The summed E-state index contributed by atoms with van der Waals surface area (Å²) in [5.41, 5.74) is 5.01. The van der Waals surface area contributed by atoms with E-state index in [0.29, 0.717) is 23.0 Å². The van der Waals surface area contributed by atoms with E-state index in [2.05, 4.69) is 11.9 Å². The molecule has 1 saturated heterocycles. The van der Waals surface area contributed by atoms with Crippen LogP contribution in [0.1, 0.15) is 28.9 Å². The Hall–Kier alpha value is -0.660. The standard InChI is InChI=1S/C12H18F3N3S/c1-8-17-10(12(13,14)15)9(19-8)5-18-4-3-11(2,6-16)7-18/h3-7,16H2,1-2H3. The van der Waals surface area contributed by atoms with Crippen molar-refractivity contribution in [3.63, 3.8) is 0 Å². The first kappa shape index (κ1) is 14.7. The predicted molar refractivity (Wildman–Crippen MR) is 68.9 cm³/mol.